The van der Waals surface area contributed by atoms with Crippen molar-refractivity contribution in [2.24, 2.45) is 5.92 Å². The van der Waals surface area contributed by atoms with Gasteiger partial charge in [-0.1, -0.05) is 6.92 Å². The summed E-state index contributed by atoms with van der Waals surface area (Å²) in [5.41, 5.74) is 10.0. The van der Waals surface area contributed by atoms with Gasteiger partial charge in [-0.05, 0) is 24.8 Å². The lowest BCUT2D eigenvalue weighted by molar-refractivity contribution is 0.0633. The minimum Gasteiger partial charge on any atom is -0.465 e. The first-order valence-corrected chi connectivity index (χ1v) is 7.66. The van der Waals surface area contributed by atoms with Gasteiger partial charge in [-0.2, -0.15) is 0 Å². The molecular weight excluding hydrogens is 284 g/mol. The van der Waals surface area contributed by atoms with Gasteiger partial charge in [-0.3, -0.25) is 4.98 Å². The third kappa shape index (κ3) is 2.56. The van der Waals surface area contributed by atoms with Crippen LogP contribution in [0.5, 0.6) is 0 Å². The van der Waals surface area contributed by atoms with Crippen LogP contribution < -0.4 is 16.0 Å². The van der Waals surface area contributed by atoms with E-state index in [0.717, 1.165) is 30.6 Å². The smallest absolute Gasteiger partial charge is 0.405 e. The lowest BCUT2D eigenvalue weighted by Crippen LogP contribution is -2.58. The van der Waals surface area contributed by atoms with Crippen LogP contribution in [-0.2, 0) is 12.8 Å². The molecule has 3 atom stereocenters. The fraction of sp³-hybridized carbons (Fsp3) is 0.600. The molecule has 0 bridgehead atoms. The van der Waals surface area contributed by atoms with Gasteiger partial charge in [0, 0.05) is 24.7 Å². The van der Waals surface area contributed by atoms with Gasteiger partial charge < -0.3 is 26.2 Å². The van der Waals surface area contributed by atoms with Gasteiger partial charge in [0.2, 0.25) is 0 Å². The summed E-state index contributed by atoms with van der Waals surface area (Å²) in [4.78, 5) is 17.4. The molecule has 7 nitrogen and oxygen atoms in total. The Morgan fingerprint density at radius 3 is 2.95 bits per heavy atom. The fourth-order valence-electron chi connectivity index (χ4n) is 3.63. The first kappa shape index (κ1) is 14.9. The van der Waals surface area contributed by atoms with E-state index >= 15 is 0 Å². The number of aliphatic hydroxyl groups is 1. The number of pyridine rings is 1. The molecule has 0 spiro atoms. The Kier molecular flexibility index (Phi) is 3.82. The Balaban J connectivity index is 1.92. The number of carboxylic acid groups (broad SMARTS) is 1. The molecule has 1 aromatic heterocycles. The number of nitrogens with two attached hydrogens (primary N) is 1. The number of amides is 1. The van der Waals surface area contributed by atoms with Crippen LogP contribution in [0.2, 0.25) is 0 Å². The maximum absolute atomic E-state index is 10.9. The Morgan fingerprint density at radius 2 is 2.23 bits per heavy atom. The fourth-order valence-corrected chi connectivity index (χ4v) is 3.63. The Hall–Kier alpha value is -2.02. The quantitative estimate of drug-likeness (QED) is 0.637. The molecule has 1 saturated heterocycles. The molecule has 0 radical (unpaired) electrons. The molecule has 1 amide bonds. The van der Waals surface area contributed by atoms with Crippen molar-refractivity contribution in [3.63, 3.8) is 0 Å². The van der Waals surface area contributed by atoms with Crippen molar-refractivity contribution in [2.45, 2.75) is 38.3 Å². The molecule has 22 heavy (non-hydrogen) atoms. The van der Waals surface area contributed by atoms with Crippen LogP contribution in [0, 0.1) is 5.92 Å². The first-order chi connectivity index (χ1) is 10.5. The molecule has 120 valence electrons. The van der Waals surface area contributed by atoms with Crippen molar-refractivity contribution >= 4 is 17.5 Å². The monoisotopic (exact) mass is 306 g/mol. The third-order valence-corrected chi connectivity index (χ3v) is 4.65. The molecule has 2 heterocycles. The topological polar surface area (TPSA) is 112 Å². The number of aromatic nitrogens is 1. The summed E-state index contributed by atoms with van der Waals surface area (Å²) in [6, 6.07) is -0.522. The molecule has 1 fully saturated rings. The number of piperidine rings is 1. The molecule has 1 aliphatic carbocycles. The number of nitrogens with one attached hydrogen (secondary N) is 1. The van der Waals surface area contributed by atoms with E-state index in [1.807, 2.05) is 6.92 Å². The second-order valence-electron chi connectivity index (χ2n) is 6.27. The normalized spacial score (nSPS) is 27.5. The van der Waals surface area contributed by atoms with Crippen LogP contribution >= 0.6 is 0 Å². The number of aliphatic hydroxyl groups excluding tert-OH is 1. The largest absolute Gasteiger partial charge is 0.465 e. The minimum absolute atomic E-state index is 0.0461. The second kappa shape index (κ2) is 5.64. The number of anilines is 2. The molecule has 2 aliphatic rings. The second-order valence-corrected chi connectivity index (χ2v) is 6.27. The van der Waals surface area contributed by atoms with Gasteiger partial charge in [0.1, 0.15) is 0 Å². The van der Waals surface area contributed by atoms with Gasteiger partial charge in [-0.25, -0.2) is 4.79 Å². The number of nitrogens with zero attached hydrogens (tertiary/aromatic N) is 2. The van der Waals surface area contributed by atoms with Gasteiger partial charge in [0.05, 0.1) is 29.7 Å². The summed E-state index contributed by atoms with van der Waals surface area (Å²) in [6.45, 7) is 2.99. The van der Waals surface area contributed by atoms with E-state index in [9.17, 15) is 9.90 Å². The third-order valence-electron chi connectivity index (χ3n) is 4.65. The highest BCUT2D eigenvalue weighted by atomic mass is 16.4. The van der Waals surface area contributed by atoms with Crippen LogP contribution in [0.4, 0.5) is 16.2 Å². The van der Waals surface area contributed by atoms with E-state index < -0.39 is 18.2 Å². The summed E-state index contributed by atoms with van der Waals surface area (Å²) in [6.07, 6.45) is 2.86. The Morgan fingerprint density at radius 1 is 1.45 bits per heavy atom. The van der Waals surface area contributed by atoms with E-state index in [1.54, 1.807) is 6.20 Å². The summed E-state index contributed by atoms with van der Waals surface area (Å²) in [7, 11) is 0. The van der Waals surface area contributed by atoms with Crippen LogP contribution in [-0.4, -0.2) is 46.5 Å². The number of nitrogen functional groups attached to an aromatic ring is 1. The SMILES string of the molecule is C[C@H]1CN(c2c(N)cnc3c2CCC3)C[C@@H](NC(=O)O)[C@@H]1O. The van der Waals surface area contributed by atoms with Crippen LogP contribution in [0.3, 0.4) is 0 Å². The molecule has 3 rings (SSSR count). The average Bonchev–Trinajstić information content (AvgIpc) is 2.91. The standard InChI is InChI=1S/C15H22N4O3/c1-8-6-19(7-12(14(8)20)18-15(21)22)13-9-3-2-4-11(9)17-5-10(13)16/h5,8,12,14,18,20H,2-4,6-7,16H2,1H3,(H,21,22)/t8-,12+,14+/m0/s1. The first-order valence-electron chi connectivity index (χ1n) is 7.66. The Bertz CT molecular complexity index is 592. The number of rotatable bonds is 2. The number of fused-ring (bicyclic) bond motifs is 1. The molecule has 0 unspecified atom stereocenters. The van der Waals surface area contributed by atoms with Gasteiger partial charge in [-0.15, -0.1) is 0 Å². The molecule has 1 aliphatic heterocycles. The van der Waals surface area contributed by atoms with Gasteiger partial charge >= 0.3 is 6.09 Å². The van der Waals surface area contributed by atoms with Crippen molar-refractivity contribution < 1.29 is 15.0 Å². The predicted molar refractivity (Wildman–Crippen MR) is 83.0 cm³/mol. The van der Waals surface area contributed by atoms with E-state index in [-0.39, 0.29) is 5.92 Å². The van der Waals surface area contributed by atoms with Crippen molar-refractivity contribution in [1.29, 1.82) is 0 Å². The predicted octanol–water partition coefficient (Wildman–Crippen LogP) is 0.606. The van der Waals surface area contributed by atoms with Crippen molar-refractivity contribution in [1.82, 2.24) is 10.3 Å². The van der Waals surface area contributed by atoms with E-state index in [4.69, 9.17) is 10.8 Å². The Labute approximate surface area is 129 Å². The zero-order chi connectivity index (χ0) is 15.9. The number of aryl methyl sites for hydroxylation is 1. The van der Waals surface area contributed by atoms with E-state index in [0.29, 0.717) is 18.8 Å². The zero-order valence-electron chi connectivity index (χ0n) is 12.6. The number of hydrogen-bond acceptors (Lipinski definition) is 5. The van der Waals surface area contributed by atoms with Gasteiger partial charge in [0.25, 0.3) is 0 Å². The van der Waals surface area contributed by atoms with Crippen LogP contribution in [0.25, 0.3) is 0 Å². The maximum Gasteiger partial charge on any atom is 0.405 e. The summed E-state index contributed by atoms with van der Waals surface area (Å²) in [5, 5.41) is 21.6. The van der Waals surface area contributed by atoms with E-state index in [1.165, 1.54) is 5.56 Å². The molecule has 7 heteroatoms. The summed E-state index contributed by atoms with van der Waals surface area (Å²) in [5.74, 6) is -0.0461. The van der Waals surface area contributed by atoms with E-state index in [2.05, 4.69) is 15.2 Å². The van der Waals surface area contributed by atoms with Crippen molar-refractivity contribution in [3.8, 4) is 0 Å². The minimum atomic E-state index is -1.12. The number of carbonyl (C=O) groups is 1. The lowest BCUT2D eigenvalue weighted by Gasteiger charge is -2.42. The number of hydrogen-bond donors (Lipinski definition) is 4. The van der Waals surface area contributed by atoms with Gasteiger partial charge in [0.15, 0.2) is 0 Å². The highest BCUT2D eigenvalue weighted by molar-refractivity contribution is 5.73. The summed E-state index contributed by atoms with van der Waals surface area (Å²) < 4.78 is 0. The highest BCUT2D eigenvalue weighted by Crippen LogP contribution is 2.36. The van der Waals surface area contributed by atoms with Crippen LogP contribution in [0.15, 0.2) is 6.20 Å². The molecular formula is C15H22N4O3. The highest BCUT2D eigenvalue weighted by Gasteiger charge is 2.36. The molecule has 1 aromatic rings. The van der Waals surface area contributed by atoms with Crippen molar-refractivity contribution in [3.05, 3.63) is 17.5 Å². The molecule has 0 aromatic carbocycles. The average molecular weight is 306 g/mol. The molecule has 5 N–H and O–H groups in total. The summed E-state index contributed by atoms with van der Waals surface area (Å²) >= 11 is 0. The maximum atomic E-state index is 10.9. The zero-order valence-corrected chi connectivity index (χ0v) is 12.6. The molecule has 0 saturated carbocycles. The van der Waals surface area contributed by atoms with Crippen LogP contribution in [0.1, 0.15) is 24.6 Å². The lowest BCUT2D eigenvalue weighted by atomic mass is 9.91. The van der Waals surface area contributed by atoms with Crippen molar-refractivity contribution in [2.75, 3.05) is 23.7 Å².